The molecule has 1 unspecified atom stereocenters. The lowest BCUT2D eigenvalue weighted by Gasteiger charge is -2.64. The van der Waals surface area contributed by atoms with Crippen molar-refractivity contribution >= 4 is 5.95 Å². The molecule has 3 aliphatic rings. The molecule has 1 aromatic heterocycles. The maximum atomic E-state index is 5.24. The summed E-state index contributed by atoms with van der Waals surface area (Å²) in [6, 6.07) is 2.03. The molecule has 4 rings (SSSR count). The summed E-state index contributed by atoms with van der Waals surface area (Å²) in [4.78, 5) is 13.7. The summed E-state index contributed by atoms with van der Waals surface area (Å²) >= 11 is 0. The predicted molar refractivity (Wildman–Crippen MR) is 63.0 cm³/mol. The van der Waals surface area contributed by atoms with Gasteiger partial charge in [0.2, 0.25) is 5.95 Å². The summed E-state index contributed by atoms with van der Waals surface area (Å²) in [5.41, 5.74) is 1.12. The van der Waals surface area contributed by atoms with Crippen molar-refractivity contribution in [2.24, 2.45) is 0 Å². The second-order valence-electron chi connectivity index (χ2n) is 5.24. The fraction of sp³-hybridized carbons (Fsp3) is 0.667. The summed E-state index contributed by atoms with van der Waals surface area (Å²) in [5.74, 6) is 0.890. The molecular weight excluding hydrogens is 216 g/mol. The standard InChI is InChI=1S/C12H16N4O/c1-8-2-13-12(14-3-8)16-5-10-11(16)4-15(10)9-6-17-7-9/h2-3,9-11H,4-7H2,1H3/t10?,11-/m0/s1. The van der Waals surface area contributed by atoms with Gasteiger partial charge in [0.05, 0.1) is 25.3 Å². The molecule has 17 heavy (non-hydrogen) atoms. The van der Waals surface area contributed by atoms with E-state index in [9.17, 15) is 0 Å². The Bertz CT molecular complexity index is 431. The van der Waals surface area contributed by atoms with Gasteiger partial charge in [-0.15, -0.1) is 0 Å². The Hall–Kier alpha value is -1.20. The molecule has 2 atom stereocenters. The smallest absolute Gasteiger partial charge is 0.225 e. The van der Waals surface area contributed by atoms with E-state index >= 15 is 0 Å². The Morgan fingerprint density at radius 3 is 2.47 bits per heavy atom. The van der Waals surface area contributed by atoms with Gasteiger partial charge in [-0.2, -0.15) is 0 Å². The van der Waals surface area contributed by atoms with Crippen LogP contribution in [0.3, 0.4) is 0 Å². The first kappa shape index (κ1) is 9.79. The third-order valence-corrected chi connectivity index (χ3v) is 4.17. The minimum absolute atomic E-state index is 0.637. The number of piperazine rings is 1. The molecule has 4 heterocycles. The Labute approximate surface area is 100 Å². The van der Waals surface area contributed by atoms with Gasteiger partial charge in [0, 0.05) is 31.5 Å². The molecule has 3 saturated heterocycles. The first-order valence-corrected chi connectivity index (χ1v) is 6.22. The summed E-state index contributed by atoms with van der Waals surface area (Å²) in [7, 11) is 0. The van der Waals surface area contributed by atoms with Crippen LogP contribution in [0.25, 0.3) is 0 Å². The molecule has 0 aliphatic carbocycles. The molecule has 3 fully saturated rings. The zero-order valence-electron chi connectivity index (χ0n) is 9.91. The van der Waals surface area contributed by atoms with Crippen molar-refractivity contribution in [3.63, 3.8) is 0 Å². The fourth-order valence-corrected chi connectivity index (χ4v) is 2.89. The van der Waals surface area contributed by atoms with E-state index in [1.54, 1.807) is 0 Å². The SMILES string of the molecule is Cc1cnc(N2CC3[C@@H]2CN3C2COC2)nc1. The summed E-state index contributed by atoms with van der Waals surface area (Å²) < 4.78 is 5.24. The van der Waals surface area contributed by atoms with Crippen LogP contribution in [0.4, 0.5) is 5.95 Å². The van der Waals surface area contributed by atoms with Crippen molar-refractivity contribution in [1.82, 2.24) is 14.9 Å². The summed E-state index contributed by atoms with van der Waals surface area (Å²) in [6.07, 6.45) is 3.79. The van der Waals surface area contributed by atoms with Gasteiger partial charge in [-0.05, 0) is 12.5 Å². The molecule has 0 N–H and O–H groups in total. The lowest BCUT2D eigenvalue weighted by Crippen LogP contribution is -2.82. The van der Waals surface area contributed by atoms with Crippen molar-refractivity contribution in [2.45, 2.75) is 25.0 Å². The largest absolute Gasteiger partial charge is 0.378 e. The van der Waals surface area contributed by atoms with Crippen LogP contribution in [-0.4, -0.2) is 59.3 Å². The van der Waals surface area contributed by atoms with E-state index in [1.165, 1.54) is 0 Å². The number of rotatable bonds is 2. The molecule has 0 bridgehead atoms. The van der Waals surface area contributed by atoms with Crippen LogP contribution in [0.2, 0.25) is 0 Å². The van der Waals surface area contributed by atoms with Crippen LogP contribution in [0.5, 0.6) is 0 Å². The van der Waals surface area contributed by atoms with Crippen LogP contribution >= 0.6 is 0 Å². The molecule has 0 saturated carbocycles. The van der Waals surface area contributed by atoms with Crippen molar-refractivity contribution in [3.8, 4) is 0 Å². The number of fused-ring (bicyclic) bond motifs is 1. The maximum absolute atomic E-state index is 5.24. The second-order valence-corrected chi connectivity index (χ2v) is 5.24. The van der Waals surface area contributed by atoms with Gasteiger partial charge in [0.25, 0.3) is 0 Å². The maximum Gasteiger partial charge on any atom is 0.225 e. The fourth-order valence-electron chi connectivity index (χ4n) is 2.89. The Balaban J connectivity index is 1.42. The van der Waals surface area contributed by atoms with E-state index in [1.807, 2.05) is 19.3 Å². The van der Waals surface area contributed by atoms with E-state index in [0.717, 1.165) is 37.8 Å². The van der Waals surface area contributed by atoms with Crippen molar-refractivity contribution in [1.29, 1.82) is 0 Å². The first-order chi connectivity index (χ1) is 8.33. The third kappa shape index (κ3) is 1.32. The molecule has 0 radical (unpaired) electrons. The number of aromatic nitrogens is 2. The van der Waals surface area contributed by atoms with E-state index in [-0.39, 0.29) is 0 Å². The highest BCUT2D eigenvalue weighted by atomic mass is 16.5. The van der Waals surface area contributed by atoms with E-state index in [4.69, 9.17) is 4.74 Å². The van der Waals surface area contributed by atoms with Crippen molar-refractivity contribution in [2.75, 3.05) is 31.2 Å². The molecule has 5 nitrogen and oxygen atoms in total. The van der Waals surface area contributed by atoms with E-state index in [0.29, 0.717) is 18.1 Å². The molecule has 0 amide bonds. The lowest BCUT2D eigenvalue weighted by atomic mass is 9.84. The highest BCUT2D eigenvalue weighted by molar-refractivity contribution is 5.42. The molecule has 5 heteroatoms. The number of likely N-dealkylation sites (tertiary alicyclic amines) is 1. The van der Waals surface area contributed by atoms with Gasteiger partial charge in [-0.25, -0.2) is 9.97 Å². The Morgan fingerprint density at radius 2 is 1.94 bits per heavy atom. The van der Waals surface area contributed by atoms with Gasteiger partial charge in [-0.1, -0.05) is 0 Å². The van der Waals surface area contributed by atoms with E-state index in [2.05, 4.69) is 19.8 Å². The van der Waals surface area contributed by atoms with Gasteiger partial charge in [-0.3, -0.25) is 4.90 Å². The van der Waals surface area contributed by atoms with Gasteiger partial charge >= 0.3 is 0 Å². The average molecular weight is 232 g/mol. The summed E-state index contributed by atoms with van der Waals surface area (Å²) in [5, 5.41) is 0. The van der Waals surface area contributed by atoms with E-state index < -0.39 is 0 Å². The minimum atomic E-state index is 0.637. The summed E-state index contributed by atoms with van der Waals surface area (Å²) in [6.45, 7) is 6.08. The van der Waals surface area contributed by atoms with Crippen molar-refractivity contribution < 1.29 is 4.74 Å². The Kier molecular flexibility index (Phi) is 1.96. The molecule has 1 aromatic rings. The van der Waals surface area contributed by atoms with Gasteiger partial charge in [0.15, 0.2) is 0 Å². The first-order valence-electron chi connectivity index (χ1n) is 6.22. The lowest BCUT2D eigenvalue weighted by molar-refractivity contribution is -0.132. The Morgan fingerprint density at radius 1 is 1.18 bits per heavy atom. The van der Waals surface area contributed by atoms with Gasteiger partial charge in [0.1, 0.15) is 0 Å². The molecule has 3 aliphatic heterocycles. The topological polar surface area (TPSA) is 41.5 Å². The normalized spacial score (nSPS) is 32.4. The number of aryl methyl sites for hydroxylation is 1. The monoisotopic (exact) mass is 232 g/mol. The zero-order chi connectivity index (χ0) is 11.4. The molecule has 90 valence electrons. The van der Waals surface area contributed by atoms with Crippen LogP contribution < -0.4 is 4.90 Å². The van der Waals surface area contributed by atoms with Gasteiger partial charge < -0.3 is 9.64 Å². The number of nitrogens with zero attached hydrogens (tertiary/aromatic N) is 4. The molecule has 0 spiro atoms. The number of anilines is 1. The third-order valence-electron chi connectivity index (χ3n) is 4.17. The van der Waals surface area contributed by atoms with Crippen molar-refractivity contribution in [3.05, 3.63) is 18.0 Å². The van der Waals surface area contributed by atoms with Crippen LogP contribution in [-0.2, 0) is 4.74 Å². The van der Waals surface area contributed by atoms with Crippen LogP contribution in [0.15, 0.2) is 12.4 Å². The number of ether oxygens (including phenoxy) is 1. The van der Waals surface area contributed by atoms with Crippen LogP contribution in [0.1, 0.15) is 5.56 Å². The second kappa shape index (κ2) is 3.40. The number of hydrogen-bond donors (Lipinski definition) is 0. The minimum Gasteiger partial charge on any atom is -0.378 e. The number of hydrogen-bond acceptors (Lipinski definition) is 5. The quantitative estimate of drug-likeness (QED) is 0.721. The van der Waals surface area contributed by atoms with Crippen LogP contribution in [0, 0.1) is 6.92 Å². The average Bonchev–Trinajstić information content (AvgIpc) is 2.24. The molecule has 0 aromatic carbocycles. The highest BCUT2D eigenvalue weighted by Gasteiger charge is 2.55. The zero-order valence-corrected chi connectivity index (χ0v) is 9.91. The molecular formula is C12H16N4O. The predicted octanol–water partition coefficient (Wildman–Crippen LogP) is 0.0566. The highest BCUT2D eigenvalue weighted by Crippen LogP contribution is 2.38.